The lowest BCUT2D eigenvalue weighted by Gasteiger charge is -2.09. The highest BCUT2D eigenvalue weighted by atomic mass is 19.1. The largest absolute Gasteiger partial charge is 0.322 e. The van der Waals surface area contributed by atoms with E-state index in [1.807, 2.05) is 19.1 Å². The molecule has 2 N–H and O–H groups in total. The molecule has 0 saturated carbocycles. The van der Waals surface area contributed by atoms with Crippen LogP contribution in [0, 0.1) is 11.6 Å². The van der Waals surface area contributed by atoms with Gasteiger partial charge >= 0.3 is 0 Å². The quantitative estimate of drug-likeness (QED) is 0.687. The molecule has 0 unspecified atom stereocenters. The number of aryl methyl sites for hydroxylation is 1. The molecule has 3 rings (SSSR count). The van der Waals surface area contributed by atoms with Crippen molar-refractivity contribution >= 4 is 23.2 Å². The first-order valence-corrected chi connectivity index (χ1v) is 8.58. The molecule has 2 aromatic carbocycles. The molecule has 0 radical (unpaired) electrons. The van der Waals surface area contributed by atoms with Crippen molar-refractivity contribution in [2.24, 2.45) is 0 Å². The average Bonchev–Trinajstić information content (AvgIpc) is 2.70. The van der Waals surface area contributed by atoms with E-state index in [9.17, 15) is 18.4 Å². The molecule has 0 aliphatic carbocycles. The van der Waals surface area contributed by atoms with Gasteiger partial charge in [0.2, 0.25) is 0 Å². The van der Waals surface area contributed by atoms with Crippen LogP contribution in [0.1, 0.15) is 33.2 Å². The van der Waals surface area contributed by atoms with E-state index in [0.29, 0.717) is 11.8 Å². The zero-order valence-corrected chi connectivity index (χ0v) is 15.0. The summed E-state index contributed by atoms with van der Waals surface area (Å²) in [4.78, 5) is 28.6. The van der Waals surface area contributed by atoms with Crippen LogP contribution < -0.4 is 10.6 Å². The van der Waals surface area contributed by atoms with Crippen molar-refractivity contribution in [3.8, 4) is 0 Å². The Morgan fingerprint density at radius 1 is 0.893 bits per heavy atom. The van der Waals surface area contributed by atoms with E-state index >= 15 is 0 Å². The van der Waals surface area contributed by atoms with Gasteiger partial charge in [0.15, 0.2) is 0 Å². The fourth-order valence-corrected chi connectivity index (χ4v) is 2.50. The van der Waals surface area contributed by atoms with Crippen LogP contribution >= 0.6 is 0 Å². The van der Waals surface area contributed by atoms with Gasteiger partial charge in [-0.15, -0.1) is 0 Å². The van der Waals surface area contributed by atoms with Crippen LogP contribution in [-0.4, -0.2) is 16.8 Å². The lowest BCUT2D eigenvalue weighted by Crippen LogP contribution is -2.16. The first-order chi connectivity index (χ1) is 13.5. The van der Waals surface area contributed by atoms with E-state index in [0.717, 1.165) is 24.1 Å². The monoisotopic (exact) mass is 381 g/mol. The highest BCUT2D eigenvalue weighted by Gasteiger charge is 2.14. The van der Waals surface area contributed by atoms with Gasteiger partial charge in [-0.2, -0.15) is 0 Å². The molecule has 0 aliphatic rings. The number of rotatable bonds is 5. The number of nitrogens with one attached hydrogen (secondary N) is 2. The molecule has 0 spiro atoms. The fourth-order valence-electron chi connectivity index (χ4n) is 2.50. The minimum atomic E-state index is -0.897. The second-order valence-corrected chi connectivity index (χ2v) is 6.05. The number of pyridine rings is 1. The molecule has 0 atom stereocenters. The molecule has 1 aromatic heterocycles. The van der Waals surface area contributed by atoms with Gasteiger partial charge in [0, 0.05) is 24.1 Å². The number of carbonyl (C=O) groups excluding carboxylic acids is 2. The molecule has 1 heterocycles. The Kier molecular flexibility index (Phi) is 5.74. The van der Waals surface area contributed by atoms with Crippen LogP contribution in [0.5, 0.6) is 0 Å². The van der Waals surface area contributed by atoms with E-state index in [1.54, 1.807) is 12.1 Å². The highest BCUT2D eigenvalue weighted by molar-refractivity contribution is 6.08. The summed E-state index contributed by atoms with van der Waals surface area (Å²) in [7, 11) is 0. The smallest absolute Gasteiger partial charge is 0.257 e. The minimum absolute atomic E-state index is 0.0673. The van der Waals surface area contributed by atoms with Crippen molar-refractivity contribution < 1.29 is 18.4 Å². The molecule has 7 heteroatoms. The van der Waals surface area contributed by atoms with Crippen molar-refractivity contribution in [3.63, 3.8) is 0 Å². The average molecular weight is 381 g/mol. The maximum Gasteiger partial charge on any atom is 0.257 e. The van der Waals surface area contributed by atoms with Crippen molar-refractivity contribution in [1.82, 2.24) is 4.98 Å². The van der Waals surface area contributed by atoms with Gasteiger partial charge in [-0.25, -0.2) is 8.78 Å². The number of aromatic nitrogens is 1. The van der Waals surface area contributed by atoms with E-state index in [-0.39, 0.29) is 16.8 Å². The number of halogens is 2. The van der Waals surface area contributed by atoms with Crippen molar-refractivity contribution in [2.75, 3.05) is 10.6 Å². The molecular weight excluding hydrogens is 364 g/mol. The second-order valence-electron chi connectivity index (χ2n) is 6.05. The Balaban J connectivity index is 1.73. The SMILES string of the molecule is CCc1ccc(NC(=O)c2cncc(C(=O)Nc3ccc(F)cc3F)c2)cc1. The van der Waals surface area contributed by atoms with Crippen LogP contribution in [0.15, 0.2) is 60.9 Å². The molecular formula is C21H17F2N3O2. The number of amides is 2. The van der Waals surface area contributed by atoms with Crippen LogP contribution in [0.4, 0.5) is 20.2 Å². The van der Waals surface area contributed by atoms with E-state index in [2.05, 4.69) is 15.6 Å². The molecule has 28 heavy (non-hydrogen) atoms. The van der Waals surface area contributed by atoms with E-state index in [4.69, 9.17) is 0 Å². The number of hydrogen-bond donors (Lipinski definition) is 2. The maximum atomic E-state index is 13.7. The summed E-state index contributed by atoms with van der Waals surface area (Å²) in [6, 6.07) is 11.6. The number of anilines is 2. The minimum Gasteiger partial charge on any atom is -0.322 e. The van der Waals surface area contributed by atoms with E-state index in [1.165, 1.54) is 18.5 Å². The van der Waals surface area contributed by atoms with Gasteiger partial charge < -0.3 is 10.6 Å². The normalized spacial score (nSPS) is 10.4. The third-order valence-corrected chi connectivity index (χ3v) is 4.06. The van der Waals surface area contributed by atoms with Crippen LogP contribution in [0.25, 0.3) is 0 Å². The Morgan fingerprint density at radius 2 is 1.54 bits per heavy atom. The first-order valence-electron chi connectivity index (χ1n) is 8.58. The molecule has 2 amide bonds. The topological polar surface area (TPSA) is 71.1 Å². The second kappa shape index (κ2) is 8.39. The Labute approximate surface area is 160 Å². The molecule has 0 aliphatic heterocycles. The van der Waals surface area contributed by atoms with E-state index < -0.39 is 23.4 Å². The zero-order valence-electron chi connectivity index (χ0n) is 15.0. The summed E-state index contributed by atoms with van der Waals surface area (Å²) in [6.45, 7) is 2.04. The fraction of sp³-hybridized carbons (Fsp3) is 0.0952. The first kappa shape index (κ1) is 19.2. The predicted octanol–water partition coefficient (Wildman–Crippen LogP) is 4.43. The number of benzene rings is 2. The summed E-state index contributed by atoms with van der Waals surface area (Å²) in [6.07, 6.45) is 3.47. The maximum absolute atomic E-state index is 13.7. The summed E-state index contributed by atoms with van der Waals surface area (Å²) in [5, 5.41) is 5.06. The lowest BCUT2D eigenvalue weighted by atomic mass is 10.1. The number of nitrogens with zero attached hydrogens (tertiary/aromatic N) is 1. The Morgan fingerprint density at radius 3 is 2.14 bits per heavy atom. The van der Waals surface area contributed by atoms with Crippen LogP contribution in [0.2, 0.25) is 0 Å². The predicted molar refractivity (Wildman–Crippen MR) is 102 cm³/mol. The third kappa shape index (κ3) is 4.56. The summed E-state index contributed by atoms with van der Waals surface area (Å²) >= 11 is 0. The summed E-state index contributed by atoms with van der Waals surface area (Å²) in [5.74, 6) is -2.74. The van der Waals surface area contributed by atoms with Crippen LogP contribution in [0.3, 0.4) is 0 Å². The third-order valence-electron chi connectivity index (χ3n) is 4.06. The molecule has 5 nitrogen and oxygen atoms in total. The summed E-state index contributed by atoms with van der Waals surface area (Å²) in [5.41, 5.74) is 1.83. The van der Waals surface area contributed by atoms with Gasteiger partial charge in [0.1, 0.15) is 11.6 Å². The van der Waals surface area contributed by atoms with Gasteiger partial charge in [-0.1, -0.05) is 19.1 Å². The lowest BCUT2D eigenvalue weighted by molar-refractivity contribution is 0.102. The molecule has 3 aromatic rings. The molecule has 0 bridgehead atoms. The summed E-state index contributed by atoms with van der Waals surface area (Å²) < 4.78 is 26.7. The zero-order chi connectivity index (χ0) is 20.1. The Hall–Kier alpha value is -3.61. The molecule has 142 valence electrons. The Bertz CT molecular complexity index is 1020. The van der Waals surface area contributed by atoms with Crippen molar-refractivity contribution in [3.05, 3.63) is 89.2 Å². The number of hydrogen-bond acceptors (Lipinski definition) is 3. The van der Waals surface area contributed by atoms with Crippen molar-refractivity contribution in [1.29, 1.82) is 0 Å². The van der Waals surface area contributed by atoms with Crippen molar-refractivity contribution in [2.45, 2.75) is 13.3 Å². The standard InChI is InChI=1S/C21H17F2N3O2/c1-2-13-3-6-17(7-4-13)25-20(27)14-9-15(12-24-11-14)21(28)26-19-8-5-16(22)10-18(19)23/h3-12H,2H2,1H3,(H,25,27)(H,26,28). The van der Waals surface area contributed by atoms with Gasteiger partial charge in [-0.05, 0) is 42.3 Å². The molecule has 0 saturated heterocycles. The van der Waals surface area contributed by atoms with Crippen LogP contribution in [-0.2, 0) is 6.42 Å². The molecule has 0 fully saturated rings. The number of carbonyl (C=O) groups is 2. The highest BCUT2D eigenvalue weighted by Crippen LogP contribution is 2.17. The van der Waals surface area contributed by atoms with Gasteiger partial charge in [0.05, 0.1) is 16.8 Å². The van der Waals surface area contributed by atoms with Gasteiger partial charge in [-0.3, -0.25) is 14.6 Å². The van der Waals surface area contributed by atoms with Gasteiger partial charge in [0.25, 0.3) is 11.8 Å².